The fourth-order valence-corrected chi connectivity index (χ4v) is 4.96. The number of aryl methyl sites for hydroxylation is 1. The molecule has 142 valence electrons. The Morgan fingerprint density at radius 1 is 1.12 bits per heavy atom. The number of hydrogen-bond acceptors (Lipinski definition) is 3. The van der Waals surface area contributed by atoms with Crippen LogP contribution < -0.4 is 5.38 Å². The van der Waals surface area contributed by atoms with Gasteiger partial charge in [-0.2, -0.15) is 0 Å². The fourth-order valence-electron chi connectivity index (χ4n) is 3.93. The predicted molar refractivity (Wildman–Crippen MR) is 106 cm³/mol. The number of rotatable bonds is 9. The summed E-state index contributed by atoms with van der Waals surface area (Å²) in [6.45, 7) is 8.51. The van der Waals surface area contributed by atoms with Gasteiger partial charge in [-0.3, -0.25) is 4.79 Å². The summed E-state index contributed by atoms with van der Waals surface area (Å²) < 4.78 is 11.5. The van der Waals surface area contributed by atoms with E-state index in [9.17, 15) is 4.79 Å². The van der Waals surface area contributed by atoms with Crippen molar-refractivity contribution in [2.24, 2.45) is 0 Å². The first-order valence-corrected chi connectivity index (χ1v) is 13.6. The lowest BCUT2D eigenvalue weighted by atomic mass is 9.81. The molecule has 0 saturated heterocycles. The second-order valence-corrected chi connectivity index (χ2v) is 13.8. The largest absolute Gasteiger partial charge is 0.474 e. The minimum Gasteiger partial charge on any atom is -0.474 e. The van der Waals surface area contributed by atoms with Gasteiger partial charge < -0.3 is 9.15 Å². The molecular weight excluding hydrogens is 328 g/mol. The molecule has 1 aliphatic rings. The maximum absolute atomic E-state index is 11.5. The van der Waals surface area contributed by atoms with Gasteiger partial charge in [-0.05, 0) is 63.0 Å². The van der Waals surface area contributed by atoms with Gasteiger partial charge in [0.05, 0.1) is 11.6 Å². The highest BCUT2D eigenvalue weighted by molar-refractivity contribution is 6.87. The van der Waals surface area contributed by atoms with Crippen molar-refractivity contribution in [2.45, 2.75) is 103 Å². The Morgan fingerprint density at radius 2 is 1.80 bits per heavy atom. The number of carbonyl (C=O) groups is 1. The van der Waals surface area contributed by atoms with Crippen molar-refractivity contribution >= 4 is 19.4 Å². The number of hydrogen-bond donors (Lipinski definition) is 0. The number of unbranched alkanes of at least 4 members (excludes halogenated alkanes) is 3. The fraction of sp³-hybridized carbons (Fsp3) is 0.762. The number of carbonyl (C=O) groups excluding carboxylic acids is 1. The lowest BCUT2D eigenvalue weighted by molar-refractivity contribution is -0.161. The van der Waals surface area contributed by atoms with Gasteiger partial charge in [0.25, 0.3) is 0 Å². The number of esters is 1. The molecule has 1 fully saturated rings. The molecule has 0 atom stereocenters. The summed E-state index contributed by atoms with van der Waals surface area (Å²) in [6, 6.07) is 2.27. The van der Waals surface area contributed by atoms with Crippen LogP contribution in [0, 0.1) is 0 Å². The average molecular weight is 365 g/mol. The second kappa shape index (κ2) is 9.06. The molecule has 2 rings (SSSR count). The second-order valence-electron chi connectivity index (χ2n) is 8.82. The molecule has 0 N–H and O–H groups in total. The standard InChI is InChI=1S/C21H36O3Si/c1-18(22)24-21(14-10-7-11-15-21)13-9-6-5-8-12-19-16-20(23-17-19)25(2,3)4/h16-17H,5-15H2,1-4H3. The summed E-state index contributed by atoms with van der Waals surface area (Å²) in [6.07, 6.45) is 14.7. The summed E-state index contributed by atoms with van der Waals surface area (Å²) in [5.41, 5.74) is 1.20. The van der Waals surface area contributed by atoms with Crippen molar-refractivity contribution in [3.63, 3.8) is 0 Å². The van der Waals surface area contributed by atoms with Crippen LogP contribution in [0.4, 0.5) is 0 Å². The van der Waals surface area contributed by atoms with Crippen molar-refractivity contribution in [1.82, 2.24) is 0 Å². The molecule has 3 nitrogen and oxygen atoms in total. The van der Waals surface area contributed by atoms with Crippen LogP contribution in [-0.2, 0) is 16.0 Å². The molecule has 1 heterocycles. The molecule has 1 aromatic rings. The van der Waals surface area contributed by atoms with Gasteiger partial charge in [-0.1, -0.05) is 38.9 Å². The quantitative estimate of drug-likeness (QED) is 0.326. The Hall–Kier alpha value is -1.03. The van der Waals surface area contributed by atoms with E-state index in [-0.39, 0.29) is 11.6 Å². The Labute approximate surface area is 154 Å². The normalized spacial score (nSPS) is 17.4. The van der Waals surface area contributed by atoms with E-state index in [1.165, 1.54) is 55.9 Å². The van der Waals surface area contributed by atoms with Crippen molar-refractivity contribution < 1.29 is 13.9 Å². The molecule has 0 aromatic carbocycles. The van der Waals surface area contributed by atoms with E-state index in [1.54, 1.807) is 6.92 Å². The number of ether oxygens (including phenoxy) is 1. The zero-order valence-corrected chi connectivity index (χ0v) is 17.7. The van der Waals surface area contributed by atoms with E-state index >= 15 is 0 Å². The average Bonchev–Trinajstić information content (AvgIpc) is 3.00. The maximum Gasteiger partial charge on any atom is 0.303 e. The third-order valence-corrected chi connectivity index (χ3v) is 7.11. The van der Waals surface area contributed by atoms with Gasteiger partial charge in [0.15, 0.2) is 0 Å². The molecule has 1 aromatic heterocycles. The van der Waals surface area contributed by atoms with Crippen LogP contribution in [0.2, 0.25) is 19.6 Å². The lowest BCUT2D eigenvalue weighted by Gasteiger charge is -2.36. The molecular formula is C21H36O3Si. The van der Waals surface area contributed by atoms with Crippen LogP contribution in [0.1, 0.15) is 76.7 Å². The van der Waals surface area contributed by atoms with E-state index < -0.39 is 8.07 Å². The summed E-state index contributed by atoms with van der Waals surface area (Å²) in [4.78, 5) is 11.5. The van der Waals surface area contributed by atoms with Gasteiger partial charge in [0, 0.05) is 6.92 Å². The minimum atomic E-state index is -1.32. The molecule has 4 heteroatoms. The van der Waals surface area contributed by atoms with Crippen LogP contribution in [0.25, 0.3) is 0 Å². The monoisotopic (exact) mass is 364 g/mol. The van der Waals surface area contributed by atoms with E-state index in [4.69, 9.17) is 9.15 Å². The maximum atomic E-state index is 11.5. The zero-order chi connectivity index (χ0) is 18.3. The Balaban J connectivity index is 1.66. The van der Waals surface area contributed by atoms with E-state index in [1.807, 2.05) is 6.26 Å². The molecule has 0 aliphatic heterocycles. The van der Waals surface area contributed by atoms with Crippen LogP contribution in [0.3, 0.4) is 0 Å². The van der Waals surface area contributed by atoms with Gasteiger partial charge in [0.1, 0.15) is 13.7 Å². The minimum absolute atomic E-state index is 0.111. The summed E-state index contributed by atoms with van der Waals surface area (Å²) in [7, 11) is -1.32. The van der Waals surface area contributed by atoms with Crippen LogP contribution in [0.5, 0.6) is 0 Å². The first-order chi connectivity index (χ1) is 11.8. The highest BCUT2D eigenvalue weighted by Gasteiger charge is 2.34. The van der Waals surface area contributed by atoms with Crippen molar-refractivity contribution in [1.29, 1.82) is 0 Å². The third kappa shape index (κ3) is 6.65. The highest BCUT2D eigenvalue weighted by atomic mass is 28.3. The van der Waals surface area contributed by atoms with Crippen molar-refractivity contribution in [2.75, 3.05) is 0 Å². The Kier molecular flexibility index (Phi) is 7.35. The molecule has 0 unspecified atom stereocenters. The van der Waals surface area contributed by atoms with Gasteiger partial charge in [0.2, 0.25) is 0 Å². The summed E-state index contributed by atoms with van der Waals surface area (Å²) in [5.74, 6) is -0.111. The molecule has 0 spiro atoms. The lowest BCUT2D eigenvalue weighted by Crippen LogP contribution is -2.36. The zero-order valence-electron chi connectivity index (χ0n) is 16.7. The van der Waals surface area contributed by atoms with E-state index in [0.29, 0.717) is 0 Å². The molecule has 0 bridgehead atoms. The van der Waals surface area contributed by atoms with Crippen molar-refractivity contribution in [3.8, 4) is 0 Å². The third-order valence-electron chi connectivity index (χ3n) is 5.37. The predicted octanol–water partition coefficient (Wildman–Crippen LogP) is 5.58. The first-order valence-electron chi connectivity index (χ1n) is 10.1. The van der Waals surface area contributed by atoms with Crippen LogP contribution in [-0.4, -0.2) is 19.6 Å². The van der Waals surface area contributed by atoms with Crippen LogP contribution >= 0.6 is 0 Å². The molecule has 1 saturated carbocycles. The van der Waals surface area contributed by atoms with Gasteiger partial charge >= 0.3 is 5.97 Å². The highest BCUT2D eigenvalue weighted by Crippen LogP contribution is 2.36. The van der Waals surface area contributed by atoms with Gasteiger partial charge in [-0.25, -0.2) is 0 Å². The Morgan fingerprint density at radius 3 is 2.40 bits per heavy atom. The van der Waals surface area contributed by atoms with Crippen LogP contribution in [0.15, 0.2) is 16.7 Å². The SMILES string of the molecule is CC(=O)OC1(CCCCCCc2coc([Si](C)(C)C)c2)CCCCC1. The van der Waals surface area contributed by atoms with E-state index in [0.717, 1.165) is 25.7 Å². The topological polar surface area (TPSA) is 39.4 Å². The van der Waals surface area contributed by atoms with Gasteiger partial charge in [-0.15, -0.1) is 0 Å². The molecule has 25 heavy (non-hydrogen) atoms. The molecule has 0 amide bonds. The Bertz CT molecular complexity index is 536. The molecule has 0 radical (unpaired) electrons. The first kappa shape index (κ1) is 20.3. The smallest absolute Gasteiger partial charge is 0.303 e. The van der Waals surface area contributed by atoms with E-state index in [2.05, 4.69) is 25.7 Å². The number of furan rings is 1. The van der Waals surface area contributed by atoms with Crippen molar-refractivity contribution in [3.05, 3.63) is 17.9 Å². The molecule has 1 aliphatic carbocycles. The summed E-state index contributed by atoms with van der Waals surface area (Å²) in [5, 5.41) is 1.21. The summed E-state index contributed by atoms with van der Waals surface area (Å²) >= 11 is 0.